The summed E-state index contributed by atoms with van der Waals surface area (Å²) in [7, 11) is -4.18. The second kappa shape index (κ2) is 14.2. The Labute approximate surface area is 239 Å². The molecule has 0 unspecified atom stereocenters. The van der Waals surface area contributed by atoms with Crippen LogP contribution in [0.4, 0.5) is 10.6 Å². The van der Waals surface area contributed by atoms with Gasteiger partial charge in [0.2, 0.25) is 15.9 Å². The van der Waals surface area contributed by atoms with Crippen LogP contribution in [0, 0.1) is 20.8 Å². The number of carboxylic acid groups (broad SMARTS) is 1. The maximum atomic E-state index is 13.0. The van der Waals surface area contributed by atoms with E-state index in [0.717, 1.165) is 5.56 Å². The number of nitrogens with zero attached hydrogens (tertiary/aromatic N) is 2. The molecule has 1 aromatic carbocycles. The predicted molar refractivity (Wildman–Crippen MR) is 150 cm³/mol. The normalized spacial score (nSPS) is 17.6. The van der Waals surface area contributed by atoms with Crippen LogP contribution in [0.1, 0.15) is 30.0 Å². The van der Waals surface area contributed by atoms with Gasteiger partial charge in [0.25, 0.3) is 0 Å². The third-order valence-corrected chi connectivity index (χ3v) is 8.26. The van der Waals surface area contributed by atoms with E-state index >= 15 is 0 Å². The van der Waals surface area contributed by atoms with Crippen molar-refractivity contribution in [1.29, 1.82) is 0 Å². The van der Waals surface area contributed by atoms with Gasteiger partial charge >= 0.3 is 12.1 Å². The third kappa shape index (κ3) is 8.87. The Morgan fingerprint density at radius 2 is 1.88 bits per heavy atom. The lowest BCUT2D eigenvalue weighted by atomic mass is 10.1. The lowest BCUT2D eigenvalue weighted by Gasteiger charge is -2.23. The number of rotatable bonds is 13. The number of aliphatic carboxylic acids is 1. The Morgan fingerprint density at radius 3 is 2.49 bits per heavy atom. The van der Waals surface area contributed by atoms with Crippen LogP contribution in [-0.2, 0) is 29.1 Å². The van der Waals surface area contributed by atoms with Crippen molar-refractivity contribution in [2.75, 3.05) is 38.2 Å². The number of aromatic nitrogens is 1. The molecule has 1 fully saturated rings. The highest BCUT2D eigenvalue weighted by atomic mass is 32.2. The van der Waals surface area contributed by atoms with Gasteiger partial charge in [0, 0.05) is 19.3 Å². The van der Waals surface area contributed by atoms with Crippen molar-refractivity contribution in [2.24, 2.45) is 0 Å². The number of ether oxygens (including phenoxy) is 2. The number of anilines is 1. The molecule has 2 aromatic rings. The molecule has 2 amide bonds. The molecule has 0 radical (unpaired) electrons. The summed E-state index contributed by atoms with van der Waals surface area (Å²) in [6.45, 7) is 6.72. The van der Waals surface area contributed by atoms with Crippen LogP contribution in [0.3, 0.4) is 0 Å². The molecular formula is C27H37N5O8S. The fourth-order valence-electron chi connectivity index (χ4n) is 4.78. The molecule has 0 spiro atoms. The average molecular weight is 592 g/mol. The van der Waals surface area contributed by atoms with Gasteiger partial charge in [0.05, 0.1) is 30.2 Å². The van der Waals surface area contributed by atoms with E-state index in [9.17, 15) is 27.9 Å². The Balaban J connectivity index is 1.55. The summed E-state index contributed by atoms with van der Waals surface area (Å²) in [5, 5.41) is 15.2. The van der Waals surface area contributed by atoms with E-state index < -0.39 is 53.3 Å². The largest absolute Gasteiger partial charge is 0.480 e. The molecule has 4 N–H and O–H groups in total. The molecule has 14 heteroatoms. The van der Waals surface area contributed by atoms with E-state index in [1.165, 1.54) is 4.90 Å². The average Bonchev–Trinajstić information content (AvgIpc) is 3.31. The van der Waals surface area contributed by atoms with Gasteiger partial charge in [-0.3, -0.25) is 9.59 Å². The van der Waals surface area contributed by atoms with E-state index in [1.54, 1.807) is 51.2 Å². The van der Waals surface area contributed by atoms with Gasteiger partial charge in [0.1, 0.15) is 18.5 Å². The number of aryl methyl sites for hydroxylation is 3. The van der Waals surface area contributed by atoms with Crippen molar-refractivity contribution >= 4 is 33.8 Å². The molecule has 41 heavy (non-hydrogen) atoms. The first-order valence-corrected chi connectivity index (χ1v) is 14.7. The number of hydrogen-bond acceptors (Lipinski definition) is 9. The highest BCUT2D eigenvalue weighted by molar-refractivity contribution is 7.89. The SMILES string of the molecule is CCOC(=O)N1C[C@H](OCC(=O)NC[C@H](NS(=O)(=O)c2c(C)cc(C)cc2C)C(=O)O)C[C@H]1CNc1ccccn1. The zero-order valence-electron chi connectivity index (χ0n) is 23.5. The first-order valence-electron chi connectivity index (χ1n) is 13.2. The Kier molecular flexibility index (Phi) is 11.0. The van der Waals surface area contributed by atoms with Gasteiger partial charge < -0.3 is 30.1 Å². The Bertz CT molecular complexity index is 1320. The number of sulfonamides is 1. The first-order chi connectivity index (χ1) is 19.4. The summed E-state index contributed by atoms with van der Waals surface area (Å²) < 4.78 is 39.0. The van der Waals surface area contributed by atoms with Crippen molar-refractivity contribution in [2.45, 2.75) is 57.2 Å². The first kappa shape index (κ1) is 31.8. The summed E-state index contributed by atoms with van der Waals surface area (Å²) >= 11 is 0. The van der Waals surface area contributed by atoms with Crippen molar-refractivity contribution < 1.29 is 37.4 Å². The summed E-state index contributed by atoms with van der Waals surface area (Å²) in [5.41, 5.74) is 1.85. The quantitative estimate of drug-likeness (QED) is 0.268. The summed E-state index contributed by atoms with van der Waals surface area (Å²) in [6, 6.07) is 6.95. The number of carbonyl (C=O) groups excluding carboxylic acids is 2. The lowest BCUT2D eigenvalue weighted by Crippen LogP contribution is -2.49. The maximum Gasteiger partial charge on any atom is 0.410 e. The molecule has 3 atom stereocenters. The number of carbonyl (C=O) groups is 3. The van der Waals surface area contributed by atoms with Gasteiger partial charge in [-0.15, -0.1) is 0 Å². The van der Waals surface area contributed by atoms with Gasteiger partial charge in [-0.25, -0.2) is 18.2 Å². The second-order valence-electron chi connectivity index (χ2n) is 9.81. The molecule has 1 aromatic heterocycles. The van der Waals surface area contributed by atoms with Crippen molar-refractivity contribution in [1.82, 2.24) is 19.9 Å². The predicted octanol–water partition coefficient (Wildman–Crippen LogP) is 1.58. The number of likely N-dealkylation sites (tertiary alicyclic amines) is 1. The minimum atomic E-state index is -4.18. The number of amides is 2. The van der Waals surface area contributed by atoms with Crippen molar-refractivity contribution in [3.05, 3.63) is 53.2 Å². The summed E-state index contributed by atoms with van der Waals surface area (Å²) in [6.07, 6.45) is 1.11. The molecule has 1 aliphatic rings. The molecule has 0 saturated carbocycles. The van der Waals surface area contributed by atoms with E-state index in [0.29, 0.717) is 29.9 Å². The van der Waals surface area contributed by atoms with Crippen LogP contribution in [-0.4, -0.2) is 92.4 Å². The van der Waals surface area contributed by atoms with Crippen LogP contribution >= 0.6 is 0 Å². The molecule has 224 valence electrons. The number of carboxylic acids is 1. The molecule has 1 aliphatic heterocycles. The van der Waals surface area contributed by atoms with Gasteiger partial charge in [-0.05, 0) is 57.4 Å². The lowest BCUT2D eigenvalue weighted by molar-refractivity contribution is -0.139. The van der Waals surface area contributed by atoms with Crippen LogP contribution in [0.2, 0.25) is 0 Å². The third-order valence-electron chi connectivity index (χ3n) is 6.48. The Hall–Kier alpha value is -3.75. The van der Waals surface area contributed by atoms with Gasteiger partial charge in [-0.1, -0.05) is 23.8 Å². The smallest absolute Gasteiger partial charge is 0.410 e. The summed E-state index contributed by atoms with van der Waals surface area (Å²) in [4.78, 5) is 42.5. The Morgan fingerprint density at radius 1 is 1.17 bits per heavy atom. The van der Waals surface area contributed by atoms with Gasteiger partial charge in [0.15, 0.2) is 0 Å². The molecule has 0 aliphatic carbocycles. The van der Waals surface area contributed by atoms with E-state index in [2.05, 4.69) is 20.3 Å². The minimum Gasteiger partial charge on any atom is -0.480 e. The zero-order chi connectivity index (χ0) is 30.2. The van der Waals surface area contributed by atoms with E-state index in [4.69, 9.17) is 9.47 Å². The van der Waals surface area contributed by atoms with Crippen LogP contribution < -0.4 is 15.4 Å². The molecule has 2 heterocycles. The molecule has 13 nitrogen and oxygen atoms in total. The number of nitrogens with one attached hydrogen (secondary N) is 3. The van der Waals surface area contributed by atoms with Crippen LogP contribution in [0.25, 0.3) is 0 Å². The second-order valence-corrected chi connectivity index (χ2v) is 11.5. The van der Waals surface area contributed by atoms with Gasteiger partial charge in [-0.2, -0.15) is 4.72 Å². The monoisotopic (exact) mass is 591 g/mol. The number of benzene rings is 1. The summed E-state index contributed by atoms with van der Waals surface area (Å²) in [5.74, 6) is -1.42. The molecular weight excluding hydrogens is 554 g/mol. The fraction of sp³-hybridized carbons (Fsp3) is 0.481. The highest BCUT2D eigenvalue weighted by Crippen LogP contribution is 2.23. The number of pyridine rings is 1. The van der Waals surface area contributed by atoms with Crippen molar-refractivity contribution in [3.63, 3.8) is 0 Å². The minimum absolute atomic E-state index is 0.00323. The maximum absolute atomic E-state index is 13.0. The number of hydrogen-bond donors (Lipinski definition) is 4. The van der Waals surface area contributed by atoms with E-state index in [-0.39, 0.29) is 24.1 Å². The van der Waals surface area contributed by atoms with Crippen LogP contribution in [0.5, 0.6) is 0 Å². The molecule has 3 rings (SSSR count). The van der Waals surface area contributed by atoms with Crippen molar-refractivity contribution in [3.8, 4) is 0 Å². The standard InChI is InChI=1S/C27H37N5O8S/c1-5-39-27(36)32-15-21(12-20(32)13-29-23-8-6-7-9-28-23)40-16-24(33)30-14-22(26(34)35)31-41(37,38)25-18(3)10-17(2)11-19(25)4/h6-11,20-22,31H,5,12-16H2,1-4H3,(H,28,29)(H,30,33)(H,34,35)/t20-,21+,22-/m0/s1. The zero-order valence-corrected chi connectivity index (χ0v) is 24.4. The van der Waals surface area contributed by atoms with Crippen LogP contribution in [0.15, 0.2) is 41.4 Å². The highest BCUT2D eigenvalue weighted by Gasteiger charge is 2.37. The fourth-order valence-corrected chi connectivity index (χ4v) is 6.43. The van der Waals surface area contributed by atoms with E-state index in [1.807, 2.05) is 13.0 Å². The topological polar surface area (TPSA) is 176 Å². The molecule has 0 bridgehead atoms. The molecule has 1 saturated heterocycles.